The Bertz CT molecular complexity index is 649. The first-order chi connectivity index (χ1) is 8.49. The summed E-state index contributed by atoms with van der Waals surface area (Å²) < 4.78 is 1.45. The van der Waals surface area contributed by atoms with Gasteiger partial charge in [0.1, 0.15) is 5.69 Å². The number of halogens is 1. The van der Waals surface area contributed by atoms with E-state index in [4.69, 9.17) is 17.3 Å². The summed E-state index contributed by atoms with van der Waals surface area (Å²) in [7, 11) is 0. The molecule has 0 unspecified atom stereocenters. The molecule has 0 aliphatic carbocycles. The Morgan fingerprint density at radius 1 is 1.33 bits per heavy atom. The van der Waals surface area contributed by atoms with E-state index in [1.54, 1.807) is 0 Å². The second-order valence-electron chi connectivity index (χ2n) is 4.30. The van der Waals surface area contributed by atoms with Gasteiger partial charge in [0, 0.05) is 0 Å². The average molecular weight is 264 g/mol. The Balaban J connectivity index is 2.37. The normalized spacial score (nSPS) is 10.6. The molecule has 0 fully saturated rings. The van der Waals surface area contributed by atoms with Crippen molar-refractivity contribution in [1.29, 1.82) is 0 Å². The molecular weight excluding hydrogens is 250 g/mol. The largest absolute Gasteiger partial charge is 0.392 e. The number of nitrogens with zero attached hydrogens (tertiary/aromatic N) is 2. The van der Waals surface area contributed by atoms with Gasteiger partial charge in [-0.05, 0) is 30.5 Å². The number of aromatic nitrogens is 2. The topological polar surface area (TPSA) is 60.9 Å². The standard InChI is InChI=1S/C13H14ClN3O/c1-8-3-4-10(5-9(8)2)6-17-7-16-12(14)11(15)13(17)18/h3-5,7H,6,15H2,1-2H3. The maximum Gasteiger partial charge on any atom is 0.278 e. The van der Waals surface area contributed by atoms with Gasteiger partial charge in [0.15, 0.2) is 5.15 Å². The minimum absolute atomic E-state index is 0.0111. The maximum absolute atomic E-state index is 11.9. The third kappa shape index (κ3) is 2.38. The monoisotopic (exact) mass is 263 g/mol. The third-order valence-corrected chi connectivity index (χ3v) is 3.25. The molecular formula is C13H14ClN3O. The van der Waals surface area contributed by atoms with Crippen LogP contribution in [0.2, 0.25) is 5.15 Å². The summed E-state index contributed by atoms with van der Waals surface area (Å²) in [5, 5.41) is 0.0522. The van der Waals surface area contributed by atoms with Gasteiger partial charge >= 0.3 is 0 Å². The second-order valence-corrected chi connectivity index (χ2v) is 4.66. The Morgan fingerprint density at radius 3 is 2.72 bits per heavy atom. The summed E-state index contributed by atoms with van der Waals surface area (Å²) in [6, 6.07) is 6.06. The molecule has 4 nitrogen and oxygen atoms in total. The summed E-state index contributed by atoms with van der Waals surface area (Å²) in [4.78, 5) is 15.7. The molecule has 0 amide bonds. The van der Waals surface area contributed by atoms with Crippen LogP contribution in [-0.2, 0) is 6.54 Å². The summed E-state index contributed by atoms with van der Waals surface area (Å²) in [6.07, 6.45) is 1.41. The highest BCUT2D eigenvalue weighted by molar-refractivity contribution is 6.31. The van der Waals surface area contributed by atoms with Gasteiger partial charge in [0.25, 0.3) is 5.56 Å². The van der Waals surface area contributed by atoms with Gasteiger partial charge in [0.2, 0.25) is 0 Å². The van der Waals surface area contributed by atoms with E-state index in [1.807, 2.05) is 32.0 Å². The van der Waals surface area contributed by atoms with E-state index >= 15 is 0 Å². The van der Waals surface area contributed by atoms with Gasteiger partial charge in [-0.2, -0.15) is 0 Å². The molecule has 0 saturated heterocycles. The van der Waals surface area contributed by atoms with Crippen LogP contribution < -0.4 is 11.3 Å². The zero-order valence-corrected chi connectivity index (χ0v) is 11.0. The first-order valence-electron chi connectivity index (χ1n) is 5.55. The van der Waals surface area contributed by atoms with Gasteiger partial charge in [0.05, 0.1) is 12.9 Å². The van der Waals surface area contributed by atoms with Crippen molar-refractivity contribution in [3.63, 3.8) is 0 Å². The molecule has 0 radical (unpaired) electrons. The van der Waals surface area contributed by atoms with Crippen LogP contribution in [-0.4, -0.2) is 9.55 Å². The van der Waals surface area contributed by atoms with Gasteiger partial charge in [-0.1, -0.05) is 29.8 Å². The van der Waals surface area contributed by atoms with E-state index in [-0.39, 0.29) is 16.4 Å². The predicted octanol–water partition coefficient (Wildman–Crippen LogP) is 2.14. The number of nitrogens with two attached hydrogens (primary N) is 1. The Morgan fingerprint density at radius 2 is 2.06 bits per heavy atom. The van der Waals surface area contributed by atoms with Gasteiger partial charge in [-0.15, -0.1) is 0 Å². The number of hydrogen-bond donors (Lipinski definition) is 1. The van der Waals surface area contributed by atoms with Crippen molar-refractivity contribution in [2.24, 2.45) is 0 Å². The molecule has 94 valence electrons. The lowest BCUT2D eigenvalue weighted by atomic mass is 10.1. The minimum Gasteiger partial charge on any atom is -0.392 e. The number of rotatable bonds is 2. The van der Waals surface area contributed by atoms with Crippen LogP contribution in [0.15, 0.2) is 29.3 Å². The molecule has 1 aromatic heterocycles. The van der Waals surface area contributed by atoms with E-state index < -0.39 is 0 Å². The lowest BCUT2D eigenvalue weighted by Gasteiger charge is -2.08. The van der Waals surface area contributed by atoms with Crippen LogP contribution in [0, 0.1) is 13.8 Å². The molecule has 2 rings (SSSR count). The highest BCUT2D eigenvalue weighted by Gasteiger charge is 2.06. The lowest BCUT2D eigenvalue weighted by Crippen LogP contribution is -2.24. The van der Waals surface area contributed by atoms with E-state index in [2.05, 4.69) is 4.98 Å². The summed E-state index contributed by atoms with van der Waals surface area (Å²) >= 11 is 5.69. The molecule has 0 bridgehead atoms. The summed E-state index contributed by atoms with van der Waals surface area (Å²) in [6.45, 7) is 4.53. The Hall–Kier alpha value is -1.81. The fraction of sp³-hybridized carbons (Fsp3) is 0.231. The quantitative estimate of drug-likeness (QED) is 0.845. The highest BCUT2D eigenvalue weighted by Crippen LogP contribution is 2.12. The zero-order chi connectivity index (χ0) is 13.3. The van der Waals surface area contributed by atoms with Crippen LogP contribution in [0.3, 0.4) is 0 Å². The molecule has 0 aliphatic rings. The molecule has 0 spiro atoms. The Kier molecular flexibility index (Phi) is 3.39. The van der Waals surface area contributed by atoms with Gasteiger partial charge in [-0.3, -0.25) is 9.36 Å². The molecule has 1 heterocycles. The molecule has 0 aliphatic heterocycles. The van der Waals surface area contributed by atoms with Gasteiger partial charge < -0.3 is 5.73 Å². The van der Waals surface area contributed by atoms with Gasteiger partial charge in [-0.25, -0.2) is 4.98 Å². The number of aryl methyl sites for hydroxylation is 2. The fourth-order valence-electron chi connectivity index (χ4n) is 1.70. The van der Waals surface area contributed by atoms with Crippen LogP contribution in [0.5, 0.6) is 0 Å². The van der Waals surface area contributed by atoms with Crippen molar-refractivity contribution < 1.29 is 0 Å². The van der Waals surface area contributed by atoms with Crippen molar-refractivity contribution in [3.8, 4) is 0 Å². The predicted molar refractivity (Wildman–Crippen MR) is 72.9 cm³/mol. The fourth-order valence-corrected chi connectivity index (χ4v) is 1.82. The first-order valence-corrected chi connectivity index (χ1v) is 5.93. The zero-order valence-electron chi connectivity index (χ0n) is 10.3. The number of anilines is 1. The van der Waals surface area contributed by atoms with E-state index in [9.17, 15) is 4.79 Å². The van der Waals surface area contributed by atoms with Crippen molar-refractivity contribution in [2.75, 3.05) is 5.73 Å². The van der Waals surface area contributed by atoms with Crippen LogP contribution >= 0.6 is 11.6 Å². The number of hydrogen-bond acceptors (Lipinski definition) is 3. The van der Waals surface area contributed by atoms with Crippen LogP contribution in [0.1, 0.15) is 16.7 Å². The highest BCUT2D eigenvalue weighted by atomic mass is 35.5. The Labute approximate surface area is 110 Å². The van der Waals surface area contributed by atoms with E-state index in [0.29, 0.717) is 6.54 Å². The smallest absolute Gasteiger partial charge is 0.278 e. The minimum atomic E-state index is -0.312. The molecule has 5 heteroatoms. The number of benzene rings is 1. The second kappa shape index (κ2) is 4.82. The van der Waals surface area contributed by atoms with Crippen LogP contribution in [0.25, 0.3) is 0 Å². The van der Waals surface area contributed by atoms with Crippen molar-refractivity contribution in [2.45, 2.75) is 20.4 Å². The maximum atomic E-state index is 11.9. The van der Waals surface area contributed by atoms with Crippen molar-refractivity contribution >= 4 is 17.3 Å². The molecule has 18 heavy (non-hydrogen) atoms. The van der Waals surface area contributed by atoms with Crippen LogP contribution in [0.4, 0.5) is 5.69 Å². The molecule has 0 atom stereocenters. The molecule has 0 saturated carbocycles. The molecule has 2 aromatic rings. The molecule has 2 N–H and O–H groups in total. The first kappa shape index (κ1) is 12.6. The van der Waals surface area contributed by atoms with E-state index in [1.165, 1.54) is 22.0 Å². The lowest BCUT2D eigenvalue weighted by molar-refractivity contribution is 0.738. The summed E-state index contributed by atoms with van der Waals surface area (Å²) in [5.41, 5.74) is 8.68. The summed E-state index contributed by atoms with van der Waals surface area (Å²) in [5.74, 6) is 0. The van der Waals surface area contributed by atoms with Crippen molar-refractivity contribution in [1.82, 2.24) is 9.55 Å². The van der Waals surface area contributed by atoms with E-state index in [0.717, 1.165) is 5.56 Å². The third-order valence-electron chi connectivity index (χ3n) is 2.95. The molecule has 1 aromatic carbocycles. The SMILES string of the molecule is Cc1ccc(Cn2cnc(Cl)c(N)c2=O)cc1C. The number of nitrogen functional groups attached to an aromatic ring is 1. The average Bonchev–Trinajstić information content (AvgIpc) is 2.34. The van der Waals surface area contributed by atoms with Crippen molar-refractivity contribution in [3.05, 3.63) is 56.7 Å².